The molecule has 6 nitrogen and oxygen atoms in total. The molecule has 7 heteroatoms. The standard InChI is InChI=1S/C13H23N3O3S/c1-9-5-10(2)8-16(7-9)20(17,18)14-6-13-11(3)15-19-12(13)4/h9-10,14H,5-8H2,1-4H3. The van der Waals surface area contributed by atoms with E-state index in [-0.39, 0.29) is 6.54 Å². The Hall–Kier alpha value is -0.920. The molecule has 2 atom stereocenters. The minimum atomic E-state index is -3.44. The van der Waals surface area contributed by atoms with Crippen LogP contribution in [0.3, 0.4) is 0 Å². The Morgan fingerprint density at radius 1 is 1.30 bits per heavy atom. The van der Waals surface area contributed by atoms with Gasteiger partial charge in [0.2, 0.25) is 0 Å². The zero-order valence-corrected chi connectivity index (χ0v) is 13.3. The van der Waals surface area contributed by atoms with E-state index in [1.54, 1.807) is 11.2 Å². The summed E-state index contributed by atoms with van der Waals surface area (Å²) >= 11 is 0. The highest BCUT2D eigenvalue weighted by molar-refractivity contribution is 7.87. The van der Waals surface area contributed by atoms with Crippen molar-refractivity contribution in [1.82, 2.24) is 14.2 Å². The van der Waals surface area contributed by atoms with E-state index >= 15 is 0 Å². The monoisotopic (exact) mass is 301 g/mol. The first-order valence-electron chi connectivity index (χ1n) is 6.96. The van der Waals surface area contributed by atoms with Crippen LogP contribution in [-0.2, 0) is 16.8 Å². The van der Waals surface area contributed by atoms with E-state index in [0.717, 1.165) is 17.7 Å². The van der Waals surface area contributed by atoms with Crippen LogP contribution in [0.5, 0.6) is 0 Å². The molecule has 0 bridgehead atoms. The molecule has 114 valence electrons. The molecule has 1 N–H and O–H groups in total. The summed E-state index contributed by atoms with van der Waals surface area (Å²) in [5.74, 6) is 1.45. The molecule has 2 rings (SSSR count). The van der Waals surface area contributed by atoms with Crippen molar-refractivity contribution in [2.45, 2.75) is 40.7 Å². The largest absolute Gasteiger partial charge is 0.361 e. The summed E-state index contributed by atoms with van der Waals surface area (Å²) in [4.78, 5) is 0. The quantitative estimate of drug-likeness (QED) is 0.916. The van der Waals surface area contributed by atoms with Crippen LogP contribution in [0.4, 0.5) is 0 Å². The van der Waals surface area contributed by atoms with Crippen molar-refractivity contribution < 1.29 is 12.9 Å². The summed E-state index contributed by atoms with van der Waals surface area (Å²) in [6.45, 7) is 9.17. The van der Waals surface area contributed by atoms with Crippen LogP contribution in [0.25, 0.3) is 0 Å². The molecule has 1 fully saturated rings. The van der Waals surface area contributed by atoms with Gasteiger partial charge in [-0.1, -0.05) is 19.0 Å². The van der Waals surface area contributed by atoms with E-state index in [9.17, 15) is 8.42 Å². The zero-order chi connectivity index (χ0) is 14.9. The van der Waals surface area contributed by atoms with Crippen LogP contribution in [0.15, 0.2) is 4.52 Å². The Bertz CT molecular complexity index is 538. The predicted octanol–water partition coefficient (Wildman–Crippen LogP) is 1.60. The second-order valence-electron chi connectivity index (χ2n) is 5.89. The zero-order valence-electron chi connectivity index (χ0n) is 12.5. The smallest absolute Gasteiger partial charge is 0.279 e. The van der Waals surface area contributed by atoms with Gasteiger partial charge in [-0.2, -0.15) is 17.4 Å². The minimum absolute atomic E-state index is 0.225. The van der Waals surface area contributed by atoms with Gasteiger partial charge in [0.1, 0.15) is 5.76 Å². The van der Waals surface area contributed by atoms with Gasteiger partial charge >= 0.3 is 0 Å². The van der Waals surface area contributed by atoms with Crippen molar-refractivity contribution >= 4 is 10.2 Å². The normalized spacial score (nSPS) is 25.0. The number of hydrogen-bond acceptors (Lipinski definition) is 4. The van der Waals surface area contributed by atoms with Crippen LogP contribution in [0, 0.1) is 25.7 Å². The van der Waals surface area contributed by atoms with Crippen molar-refractivity contribution in [3.63, 3.8) is 0 Å². The van der Waals surface area contributed by atoms with Gasteiger partial charge in [-0.05, 0) is 32.1 Å². The minimum Gasteiger partial charge on any atom is -0.361 e. The Labute approximate surface area is 120 Å². The molecule has 1 aromatic rings. The molecule has 1 aliphatic rings. The number of aryl methyl sites for hydroxylation is 2. The molecule has 0 radical (unpaired) electrons. The van der Waals surface area contributed by atoms with Gasteiger partial charge in [0, 0.05) is 25.2 Å². The fourth-order valence-corrected chi connectivity index (χ4v) is 4.22. The predicted molar refractivity (Wildman–Crippen MR) is 76.3 cm³/mol. The van der Waals surface area contributed by atoms with E-state index < -0.39 is 10.2 Å². The SMILES string of the molecule is Cc1noc(C)c1CNS(=O)(=O)N1CC(C)CC(C)C1. The summed E-state index contributed by atoms with van der Waals surface area (Å²) in [5, 5.41) is 3.83. The third-order valence-electron chi connectivity index (χ3n) is 3.79. The molecular formula is C13H23N3O3S. The first-order chi connectivity index (χ1) is 9.29. The Morgan fingerprint density at radius 3 is 2.40 bits per heavy atom. The number of nitrogens with one attached hydrogen (secondary N) is 1. The first-order valence-corrected chi connectivity index (χ1v) is 8.40. The third kappa shape index (κ3) is 3.39. The van der Waals surface area contributed by atoms with E-state index in [2.05, 4.69) is 23.7 Å². The lowest BCUT2D eigenvalue weighted by Crippen LogP contribution is -2.47. The Morgan fingerprint density at radius 2 is 1.90 bits per heavy atom. The molecule has 0 amide bonds. The lowest BCUT2D eigenvalue weighted by atomic mass is 9.94. The van der Waals surface area contributed by atoms with Gasteiger partial charge in [-0.25, -0.2) is 0 Å². The van der Waals surface area contributed by atoms with Crippen molar-refractivity contribution in [2.75, 3.05) is 13.1 Å². The maximum absolute atomic E-state index is 12.4. The first kappa shape index (κ1) is 15.5. The summed E-state index contributed by atoms with van der Waals surface area (Å²) in [5.41, 5.74) is 1.54. The lowest BCUT2D eigenvalue weighted by molar-refractivity contribution is 0.220. The fourth-order valence-electron chi connectivity index (χ4n) is 2.81. The molecule has 0 aliphatic carbocycles. The molecule has 2 heterocycles. The molecule has 1 aromatic heterocycles. The van der Waals surface area contributed by atoms with E-state index in [4.69, 9.17) is 4.52 Å². The highest BCUT2D eigenvalue weighted by Gasteiger charge is 2.30. The van der Waals surface area contributed by atoms with E-state index in [0.29, 0.717) is 30.7 Å². The van der Waals surface area contributed by atoms with Gasteiger partial charge in [-0.3, -0.25) is 0 Å². The topological polar surface area (TPSA) is 75.4 Å². The average Bonchev–Trinajstić information content (AvgIpc) is 2.65. The summed E-state index contributed by atoms with van der Waals surface area (Å²) in [6, 6.07) is 0. The second kappa shape index (κ2) is 5.83. The number of aromatic nitrogens is 1. The molecule has 0 saturated carbocycles. The highest BCUT2D eigenvalue weighted by atomic mass is 32.2. The van der Waals surface area contributed by atoms with Crippen LogP contribution >= 0.6 is 0 Å². The van der Waals surface area contributed by atoms with Crippen LogP contribution in [-0.4, -0.2) is 31.0 Å². The summed E-state index contributed by atoms with van der Waals surface area (Å²) < 4.78 is 34.0. The van der Waals surface area contributed by atoms with Gasteiger partial charge in [0.25, 0.3) is 10.2 Å². The van der Waals surface area contributed by atoms with Crippen molar-refractivity contribution in [3.8, 4) is 0 Å². The summed E-state index contributed by atoms with van der Waals surface area (Å²) in [6.07, 6.45) is 1.08. The van der Waals surface area contributed by atoms with Crippen molar-refractivity contribution in [1.29, 1.82) is 0 Å². The number of rotatable bonds is 4. The van der Waals surface area contributed by atoms with Gasteiger partial charge in [-0.15, -0.1) is 0 Å². The second-order valence-corrected chi connectivity index (χ2v) is 7.65. The maximum Gasteiger partial charge on any atom is 0.279 e. The van der Waals surface area contributed by atoms with Crippen LogP contribution < -0.4 is 4.72 Å². The summed E-state index contributed by atoms with van der Waals surface area (Å²) in [7, 11) is -3.44. The van der Waals surface area contributed by atoms with Gasteiger partial charge in [0.05, 0.1) is 5.69 Å². The molecule has 2 unspecified atom stereocenters. The van der Waals surface area contributed by atoms with Crippen LogP contribution in [0.1, 0.15) is 37.3 Å². The molecule has 0 spiro atoms. The Balaban J connectivity index is 2.04. The number of hydrogen-bond donors (Lipinski definition) is 1. The van der Waals surface area contributed by atoms with Gasteiger partial charge in [0.15, 0.2) is 0 Å². The lowest BCUT2D eigenvalue weighted by Gasteiger charge is -2.33. The molecule has 0 aromatic carbocycles. The van der Waals surface area contributed by atoms with Crippen molar-refractivity contribution in [3.05, 3.63) is 17.0 Å². The highest BCUT2D eigenvalue weighted by Crippen LogP contribution is 2.23. The van der Waals surface area contributed by atoms with Crippen molar-refractivity contribution in [2.24, 2.45) is 11.8 Å². The Kier molecular flexibility index (Phi) is 4.51. The molecule has 1 aliphatic heterocycles. The van der Waals surface area contributed by atoms with E-state index in [1.165, 1.54) is 0 Å². The van der Waals surface area contributed by atoms with E-state index in [1.807, 2.05) is 6.92 Å². The van der Waals surface area contributed by atoms with Crippen LogP contribution in [0.2, 0.25) is 0 Å². The molecule has 20 heavy (non-hydrogen) atoms. The number of nitrogens with zero attached hydrogens (tertiary/aromatic N) is 2. The molecule has 1 saturated heterocycles. The number of piperidine rings is 1. The third-order valence-corrected chi connectivity index (χ3v) is 5.27. The van der Waals surface area contributed by atoms with Gasteiger partial charge < -0.3 is 4.52 Å². The fraction of sp³-hybridized carbons (Fsp3) is 0.769. The maximum atomic E-state index is 12.4. The molecular weight excluding hydrogens is 278 g/mol. The average molecular weight is 301 g/mol.